The minimum absolute atomic E-state index is 0.0385. The van der Waals surface area contributed by atoms with Crippen molar-refractivity contribution in [3.63, 3.8) is 0 Å². The van der Waals surface area contributed by atoms with E-state index in [1.54, 1.807) is 18.2 Å². The third kappa shape index (κ3) is 4.03. The second kappa shape index (κ2) is 8.29. The zero-order valence-electron chi connectivity index (χ0n) is 14.8. The van der Waals surface area contributed by atoms with E-state index in [1.807, 2.05) is 18.2 Å². The molecule has 0 spiro atoms. The molecule has 3 N–H and O–H groups in total. The number of carbonyl (C=O) groups excluding carboxylic acids is 1. The average molecular weight is 413 g/mol. The van der Waals surface area contributed by atoms with Gasteiger partial charge in [-0.1, -0.05) is 71.7 Å². The third-order valence-corrected chi connectivity index (χ3v) is 5.32. The second-order valence-corrected chi connectivity index (χ2v) is 7.44. The molecular weight excluding hydrogens is 395 g/mol. The Morgan fingerprint density at radius 3 is 2.75 bits per heavy atom. The van der Waals surface area contributed by atoms with Crippen molar-refractivity contribution in [3.8, 4) is 0 Å². The number of halogens is 2. The Bertz CT molecular complexity index is 1050. The molecule has 28 heavy (non-hydrogen) atoms. The highest BCUT2D eigenvalue weighted by atomic mass is 35.5. The van der Waals surface area contributed by atoms with Gasteiger partial charge in [0.25, 0.3) is 5.91 Å². The highest BCUT2D eigenvalue weighted by molar-refractivity contribution is 6.36. The number of hydrogen-bond donors (Lipinski definition) is 3. The molecule has 0 aliphatic carbocycles. The number of hydrogen-bond acceptors (Lipinski definition) is 4. The number of fused-ring (bicyclic) bond motifs is 1. The fourth-order valence-electron chi connectivity index (χ4n) is 3.34. The maximum Gasteiger partial charge on any atom is 0.258 e. The molecule has 1 amide bonds. The summed E-state index contributed by atoms with van der Waals surface area (Å²) >= 11 is 12.0. The molecule has 1 saturated heterocycles. The Morgan fingerprint density at radius 1 is 1.07 bits per heavy atom. The summed E-state index contributed by atoms with van der Waals surface area (Å²) in [6, 6.07) is 19.2. The number of carbonyl (C=O) groups is 1. The Balaban J connectivity index is 1.41. The largest absolute Gasteiger partial charge is 0.271 e. The first-order chi connectivity index (χ1) is 13.6. The van der Waals surface area contributed by atoms with Gasteiger partial charge in [-0.05, 0) is 34.9 Å². The minimum atomic E-state index is -0.387. The second-order valence-electron chi connectivity index (χ2n) is 6.60. The predicted octanol–water partition coefficient (Wildman–Crippen LogP) is 4.20. The van der Waals surface area contributed by atoms with Crippen LogP contribution < -0.4 is 16.3 Å². The monoisotopic (exact) mass is 412 g/mol. The molecule has 3 aromatic rings. The van der Waals surface area contributed by atoms with Gasteiger partial charge in [-0.3, -0.25) is 4.79 Å². The quantitative estimate of drug-likeness (QED) is 0.444. The van der Waals surface area contributed by atoms with Crippen molar-refractivity contribution in [2.24, 2.45) is 5.10 Å². The molecule has 1 aliphatic heterocycles. The van der Waals surface area contributed by atoms with Crippen molar-refractivity contribution in [1.82, 2.24) is 16.3 Å². The van der Waals surface area contributed by atoms with Crippen LogP contribution in [0.1, 0.15) is 23.6 Å². The summed E-state index contributed by atoms with van der Waals surface area (Å²) in [5.41, 5.74) is 10.7. The summed E-state index contributed by atoms with van der Waals surface area (Å²) in [7, 11) is 0. The van der Waals surface area contributed by atoms with Crippen LogP contribution in [-0.2, 0) is 4.79 Å². The molecule has 5 nitrogen and oxygen atoms in total. The van der Waals surface area contributed by atoms with E-state index >= 15 is 0 Å². The van der Waals surface area contributed by atoms with Crippen molar-refractivity contribution >= 4 is 46.1 Å². The van der Waals surface area contributed by atoms with E-state index < -0.39 is 0 Å². The predicted molar refractivity (Wildman–Crippen MR) is 114 cm³/mol. The van der Waals surface area contributed by atoms with E-state index in [-0.39, 0.29) is 18.0 Å². The maximum atomic E-state index is 12.4. The van der Waals surface area contributed by atoms with Gasteiger partial charge < -0.3 is 0 Å². The lowest BCUT2D eigenvalue weighted by Crippen LogP contribution is -2.41. The molecule has 0 saturated carbocycles. The molecule has 3 aromatic carbocycles. The van der Waals surface area contributed by atoms with Crippen molar-refractivity contribution in [1.29, 1.82) is 0 Å². The summed E-state index contributed by atoms with van der Waals surface area (Å²) in [5.74, 6) is -0.212. The van der Waals surface area contributed by atoms with Crippen LogP contribution in [0.2, 0.25) is 10.0 Å². The van der Waals surface area contributed by atoms with Gasteiger partial charge in [0.15, 0.2) is 0 Å². The van der Waals surface area contributed by atoms with Crippen molar-refractivity contribution < 1.29 is 4.79 Å². The van der Waals surface area contributed by atoms with Crippen LogP contribution in [0.3, 0.4) is 0 Å². The number of nitrogens with one attached hydrogen (secondary N) is 3. The highest BCUT2D eigenvalue weighted by Gasteiger charge is 2.30. The molecule has 4 rings (SSSR count). The minimum Gasteiger partial charge on any atom is -0.271 e. The maximum absolute atomic E-state index is 12.4. The lowest BCUT2D eigenvalue weighted by atomic mass is 9.96. The first-order valence-corrected chi connectivity index (χ1v) is 9.64. The number of rotatable bonds is 4. The summed E-state index contributed by atoms with van der Waals surface area (Å²) in [6.45, 7) is 0. The Labute approximate surface area is 172 Å². The van der Waals surface area contributed by atoms with Crippen LogP contribution >= 0.6 is 23.2 Å². The van der Waals surface area contributed by atoms with Gasteiger partial charge in [0.2, 0.25) is 0 Å². The number of hydrazine groups is 1. The average Bonchev–Trinajstić information content (AvgIpc) is 3.19. The van der Waals surface area contributed by atoms with Gasteiger partial charge >= 0.3 is 0 Å². The number of hydrazone groups is 1. The molecule has 2 atom stereocenters. The zero-order valence-corrected chi connectivity index (χ0v) is 16.3. The topological polar surface area (TPSA) is 65.5 Å². The van der Waals surface area contributed by atoms with E-state index in [0.29, 0.717) is 22.0 Å². The molecular formula is C21H18Cl2N4O. The van der Waals surface area contributed by atoms with Gasteiger partial charge in [0.1, 0.15) is 6.04 Å². The SMILES string of the molecule is O=C(N/N=C/c1ccc(Cl)cc1Cl)C1CC(c2cccc3ccccc23)NN1. The van der Waals surface area contributed by atoms with E-state index in [1.165, 1.54) is 17.0 Å². The van der Waals surface area contributed by atoms with Gasteiger partial charge in [-0.2, -0.15) is 5.10 Å². The lowest BCUT2D eigenvalue weighted by Gasteiger charge is -2.13. The molecule has 1 fully saturated rings. The number of nitrogens with zero attached hydrogens (tertiary/aromatic N) is 1. The first-order valence-electron chi connectivity index (χ1n) is 8.88. The summed E-state index contributed by atoms with van der Waals surface area (Å²) < 4.78 is 0. The Kier molecular flexibility index (Phi) is 5.59. The zero-order chi connectivity index (χ0) is 19.5. The fraction of sp³-hybridized carbons (Fsp3) is 0.143. The van der Waals surface area contributed by atoms with Crippen molar-refractivity contribution in [3.05, 3.63) is 81.8 Å². The van der Waals surface area contributed by atoms with Crippen LogP contribution in [0.5, 0.6) is 0 Å². The molecule has 1 aliphatic rings. The third-order valence-electron chi connectivity index (χ3n) is 4.76. The molecule has 2 unspecified atom stereocenters. The molecule has 1 heterocycles. The molecule has 142 valence electrons. The molecule has 0 bridgehead atoms. The van der Waals surface area contributed by atoms with Gasteiger partial charge in [0, 0.05) is 16.6 Å². The Morgan fingerprint density at radius 2 is 1.89 bits per heavy atom. The van der Waals surface area contributed by atoms with Crippen LogP contribution in [0.25, 0.3) is 10.8 Å². The van der Waals surface area contributed by atoms with Crippen LogP contribution in [0, 0.1) is 0 Å². The van der Waals surface area contributed by atoms with Crippen molar-refractivity contribution in [2.75, 3.05) is 0 Å². The Hall–Kier alpha value is -2.44. The van der Waals surface area contributed by atoms with Gasteiger partial charge in [-0.15, -0.1) is 0 Å². The summed E-state index contributed by atoms with van der Waals surface area (Å²) in [4.78, 5) is 12.4. The standard InChI is InChI=1S/C21H18Cl2N4O/c22-15-9-8-14(18(23)10-15)12-24-27-21(28)20-11-19(25-26-20)17-7-3-5-13-4-1-2-6-16(13)17/h1-10,12,19-20,25-26H,11H2,(H,27,28)/b24-12+. The molecule has 7 heteroatoms. The van der Waals surface area contributed by atoms with Crippen LogP contribution in [-0.4, -0.2) is 18.2 Å². The number of benzene rings is 3. The number of amides is 1. The first kappa shape index (κ1) is 18.9. The summed E-state index contributed by atoms with van der Waals surface area (Å²) in [5, 5.41) is 7.39. The lowest BCUT2D eigenvalue weighted by molar-refractivity contribution is -0.122. The normalized spacial score (nSPS) is 19.4. The highest BCUT2D eigenvalue weighted by Crippen LogP contribution is 2.29. The molecule has 0 radical (unpaired) electrons. The van der Waals surface area contributed by atoms with E-state index in [2.05, 4.69) is 45.6 Å². The molecule has 0 aromatic heterocycles. The van der Waals surface area contributed by atoms with Crippen molar-refractivity contribution in [2.45, 2.75) is 18.5 Å². The smallest absolute Gasteiger partial charge is 0.258 e. The van der Waals surface area contributed by atoms with E-state index in [9.17, 15) is 4.79 Å². The fourth-order valence-corrected chi connectivity index (χ4v) is 3.79. The van der Waals surface area contributed by atoms with Crippen LogP contribution in [0.15, 0.2) is 65.8 Å². The van der Waals surface area contributed by atoms with Gasteiger partial charge in [0.05, 0.1) is 11.2 Å². The van der Waals surface area contributed by atoms with E-state index in [0.717, 1.165) is 5.56 Å². The van der Waals surface area contributed by atoms with Gasteiger partial charge in [-0.25, -0.2) is 16.3 Å². The summed E-state index contributed by atoms with van der Waals surface area (Å²) in [6.07, 6.45) is 2.12. The van der Waals surface area contributed by atoms with Crippen LogP contribution in [0.4, 0.5) is 0 Å². The van der Waals surface area contributed by atoms with E-state index in [4.69, 9.17) is 23.2 Å².